The Bertz CT molecular complexity index is 341. The van der Waals surface area contributed by atoms with E-state index in [-0.39, 0.29) is 17.3 Å². The highest BCUT2D eigenvalue weighted by Gasteiger charge is 2.14. The van der Waals surface area contributed by atoms with Crippen molar-refractivity contribution in [2.75, 3.05) is 0 Å². The van der Waals surface area contributed by atoms with Crippen molar-refractivity contribution in [3.05, 3.63) is 33.5 Å². The second kappa shape index (κ2) is 3.30. The summed E-state index contributed by atoms with van der Waals surface area (Å²) in [6, 6.07) is 2.85. The Morgan fingerprint density at radius 1 is 1.54 bits per heavy atom. The van der Waals surface area contributed by atoms with Gasteiger partial charge in [-0.05, 0) is 28.5 Å². The van der Waals surface area contributed by atoms with Gasteiger partial charge in [-0.15, -0.1) is 0 Å². The Balaban J connectivity index is 3.26. The van der Waals surface area contributed by atoms with Gasteiger partial charge in [-0.1, -0.05) is 0 Å². The van der Waals surface area contributed by atoms with Gasteiger partial charge in [0.05, 0.1) is 0 Å². The maximum Gasteiger partial charge on any atom is 0.364 e. The van der Waals surface area contributed by atoms with E-state index in [2.05, 4.69) is 4.98 Å². The fourth-order valence-corrected chi connectivity index (χ4v) is 0.923. The normalized spacial score (nSPS) is 9.69. The van der Waals surface area contributed by atoms with Crippen molar-refractivity contribution in [1.82, 2.24) is 4.98 Å². The largest absolute Gasteiger partial charge is 0.364 e. The highest BCUT2D eigenvalue weighted by atomic mass is 16.6. The molecule has 1 aromatic rings. The zero-order chi connectivity index (χ0) is 10.0. The van der Waals surface area contributed by atoms with Gasteiger partial charge in [-0.25, -0.2) is 0 Å². The van der Waals surface area contributed by atoms with Crippen LogP contribution < -0.4 is 0 Å². The zero-order valence-corrected chi connectivity index (χ0v) is 7.27. The second-order valence-electron chi connectivity index (χ2n) is 2.70. The molecule has 0 aliphatic carbocycles. The Hall–Kier alpha value is -1.78. The van der Waals surface area contributed by atoms with Crippen LogP contribution in [0.4, 0.5) is 5.82 Å². The third kappa shape index (κ3) is 2.08. The molecule has 0 spiro atoms. The Kier molecular flexibility index (Phi) is 2.36. The van der Waals surface area contributed by atoms with E-state index in [9.17, 15) is 14.9 Å². The minimum absolute atomic E-state index is 0.131. The second-order valence-corrected chi connectivity index (χ2v) is 2.70. The molecule has 5 heteroatoms. The Morgan fingerprint density at radius 2 is 2.15 bits per heavy atom. The molecule has 5 nitrogen and oxygen atoms in total. The first-order valence-corrected chi connectivity index (χ1v) is 3.64. The summed E-state index contributed by atoms with van der Waals surface area (Å²) in [4.78, 5) is 24.2. The molecule has 0 saturated carbocycles. The Morgan fingerprint density at radius 3 is 2.62 bits per heavy atom. The molecule has 0 aliphatic heterocycles. The molecule has 13 heavy (non-hydrogen) atoms. The van der Waals surface area contributed by atoms with E-state index < -0.39 is 4.92 Å². The van der Waals surface area contributed by atoms with Crippen molar-refractivity contribution in [2.24, 2.45) is 0 Å². The molecule has 0 atom stereocenters. The van der Waals surface area contributed by atoms with Crippen molar-refractivity contribution in [2.45, 2.75) is 13.8 Å². The average Bonchev–Trinajstić information content (AvgIpc) is 2.03. The van der Waals surface area contributed by atoms with E-state index in [0.717, 1.165) is 0 Å². The van der Waals surface area contributed by atoms with Crippen molar-refractivity contribution in [3.63, 3.8) is 0 Å². The van der Waals surface area contributed by atoms with Gasteiger partial charge in [-0.2, -0.15) is 0 Å². The third-order valence-corrected chi connectivity index (χ3v) is 1.50. The maximum absolute atomic E-state index is 10.9. The lowest BCUT2D eigenvalue weighted by Crippen LogP contribution is -2.01. The van der Waals surface area contributed by atoms with Crippen LogP contribution in [-0.4, -0.2) is 15.7 Å². The molecule has 0 radical (unpaired) electrons. The summed E-state index contributed by atoms with van der Waals surface area (Å²) in [6.45, 7) is 3.01. The van der Waals surface area contributed by atoms with E-state index in [1.165, 1.54) is 19.1 Å². The third-order valence-electron chi connectivity index (χ3n) is 1.50. The number of ketones is 1. The number of carbonyl (C=O) groups is 1. The first-order valence-electron chi connectivity index (χ1n) is 3.64. The highest BCUT2D eigenvalue weighted by molar-refractivity contribution is 5.92. The molecule has 0 amide bonds. The number of rotatable bonds is 2. The molecule has 0 bridgehead atoms. The van der Waals surface area contributed by atoms with Crippen LogP contribution in [0.15, 0.2) is 12.1 Å². The van der Waals surface area contributed by atoms with E-state index in [1.807, 2.05) is 0 Å². The maximum atomic E-state index is 10.9. The topological polar surface area (TPSA) is 73.1 Å². The fourth-order valence-electron chi connectivity index (χ4n) is 0.923. The number of nitrogens with zero attached hydrogens (tertiary/aromatic N) is 2. The number of hydrogen-bond donors (Lipinski definition) is 0. The molecule has 1 heterocycles. The molecule has 0 unspecified atom stereocenters. The number of carbonyl (C=O) groups excluding carboxylic acids is 1. The fraction of sp³-hybridized carbons (Fsp3) is 0.250. The van der Waals surface area contributed by atoms with Gasteiger partial charge in [0.2, 0.25) is 11.5 Å². The first kappa shape index (κ1) is 9.31. The van der Waals surface area contributed by atoms with Crippen LogP contribution in [0.5, 0.6) is 0 Å². The lowest BCUT2D eigenvalue weighted by molar-refractivity contribution is -0.389. The average molecular weight is 180 g/mol. The number of nitro groups is 1. The van der Waals surface area contributed by atoms with E-state index in [0.29, 0.717) is 5.56 Å². The molecule has 0 saturated heterocycles. The number of Topliss-reactive ketones (excluding diaryl/α,β-unsaturated/α-hetero) is 1. The molecular formula is C8H8N2O3. The summed E-state index contributed by atoms with van der Waals surface area (Å²) in [7, 11) is 0. The Labute approximate surface area is 74.6 Å². The first-order chi connectivity index (χ1) is 6.00. The minimum atomic E-state index is -0.612. The summed E-state index contributed by atoms with van der Waals surface area (Å²) in [5.74, 6) is -0.558. The minimum Gasteiger partial charge on any atom is -0.358 e. The van der Waals surface area contributed by atoms with Gasteiger partial charge >= 0.3 is 5.82 Å². The molecule has 0 fully saturated rings. The van der Waals surface area contributed by atoms with Crippen LogP contribution >= 0.6 is 0 Å². The lowest BCUT2D eigenvalue weighted by Gasteiger charge is -1.95. The van der Waals surface area contributed by atoms with Crippen molar-refractivity contribution >= 4 is 11.6 Å². The standard InChI is InChI=1S/C8H8N2O3/c1-5-3-7(6(2)11)9-8(4-5)10(12)13/h3-4H,1-2H3. The molecule has 1 rings (SSSR count). The quantitative estimate of drug-likeness (QED) is 0.392. The zero-order valence-electron chi connectivity index (χ0n) is 7.27. The van der Waals surface area contributed by atoms with Gasteiger partial charge < -0.3 is 10.1 Å². The van der Waals surface area contributed by atoms with Gasteiger partial charge in [-0.3, -0.25) is 4.79 Å². The molecule has 0 aromatic carbocycles. The highest BCUT2D eigenvalue weighted by Crippen LogP contribution is 2.11. The van der Waals surface area contributed by atoms with E-state index in [1.54, 1.807) is 6.92 Å². The predicted octanol–water partition coefficient (Wildman–Crippen LogP) is 1.50. The van der Waals surface area contributed by atoms with Crippen molar-refractivity contribution in [1.29, 1.82) is 0 Å². The van der Waals surface area contributed by atoms with Crippen LogP contribution in [0.25, 0.3) is 0 Å². The lowest BCUT2D eigenvalue weighted by atomic mass is 10.2. The molecule has 68 valence electrons. The van der Waals surface area contributed by atoms with Crippen LogP contribution in [0.1, 0.15) is 23.0 Å². The summed E-state index contributed by atoms with van der Waals surface area (Å²) in [5.41, 5.74) is 0.790. The monoisotopic (exact) mass is 180 g/mol. The number of aryl methyl sites for hydroxylation is 1. The molecule has 1 aromatic heterocycles. The van der Waals surface area contributed by atoms with E-state index >= 15 is 0 Å². The molecule has 0 aliphatic rings. The smallest absolute Gasteiger partial charge is 0.358 e. The summed E-state index contributed by atoms with van der Waals surface area (Å²) in [6.07, 6.45) is 0. The van der Waals surface area contributed by atoms with Gasteiger partial charge in [0.1, 0.15) is 0 Å². The van der Waals surface area contributed by atoms with Gasteiger partial charge in [0, 0.05) is 13.0 Å². The van der Waals surface area contributed by atoms with Crippen LogP contribution in [0.3, 0.4) is 0 Å². The van der Waals surface area contributed by atoms with Gasteiger partial charge in [0.15, 0.2) is 0 Å². The molecule has 0 N–H and O–H groups in total. The van der Waals surface area contributed by atoms with E-state index in [4.69, 9.17) is 0 Å². The summed E-state index contributed by atoms with van der Waals surface area (Å²) < 4.78 is 0. The number of hydrogen-bond acceptors (Lipinski definition) is 4. The van der Waals surface area contributed by atoms with Crippen molar-refractivity contribution in [3.8, 4) is 0 Å². The predicted molar refractivity (Wildman–Crippen MR) is 45.6 cm³/mol. The molecular weight excluding hydrogens is 172 g/mol. The SMILES string of the molecule is CC(=O)c1cc(C)cc([N+](=O)[O-])n1. The number of aromatic nitrogens is 1. The van der Waals surface area contributed by atoms with Gasteiger partial charge in [0.25, 0.3) is 0 Å². The van der Waals surface area contributed by atoms with Crippen molar-refractivity contribution < 1.29 is 9.72 Å². The van der Waals surface area contributed by atoms with Crippen LogP contribution in [0, 0.1) is 17.0 Å². The summed E-state index contributed by atoms with van der Waals surface area (Å²) >= 11 is 0. The number of pyridine rings is 1. The summed E-state index contributed by atoms with van der Waals surface area (Å²) in [5, 5.41) is 10.4. The van der Waals surface area contributed by atoms with Crippen LogP contribution in [0.2, 0.25) is 0 Å². The van der Waals surface area contributed by atoms with Crippen LogP contribution in [-0.2, 0) is 0 Å².